The van der Waals surface area contributed by atoms with Gasteiger partial charge in [-0.1, -0.05) is 65.3 Å². The molecule has 0 saturated carbocycles. The number of nitrogens with one attached hydrogen (secondary N) is 1. The zero-order valence-corrected chi connectivity index (χ0v) is 22.6. The zero-order valence-electron chi connectivity index (χ0n) is 21.1. The van der Waals surface area contributed by atoms with Crippen molar-refractivity contribution in [2.24, 2.45) is 10.1 Å². The lowest BCUT2D eigenvalue weighted by atomic mass is 9.97. The number of aliphatic imine (C=N–C) groups is 1. The van der Waals surface area contributed by atoms with Crippen molar-refractivity contribution in [2.75, 3.05) is 11.9 Å². The molecule has 0 aliphatic carbocycles. The van der Waals surface area contributed by atoms with Crippen LogP contribution < -0.4 is 10.1 Å². The van der Waals surface area contributed by atoms with E-state index in [0.29, 0.717) is 28.9 Å². The summed E-state index contributed by atoms with van der Waals surface area (Å²) < 4.78 is 5.44. The fourth-order valence-corrected chi connectivity index (χ4v) is 5.61. The third-order valence-corrected chi connectivity index (χ3v) is 7.65. The van der Waals surface area contributed by atoms with Gasteiger partial charge in [0.2, 0.25) is 5.91 Å². The molecule has 0 spiro atoms. The molecule has 3 aromatic rings. The van der Waals surface area contributed by atoms with Gasteiger partial charge in [-0.3, -0.25) is 9.59 Å². The van der Waals surface area contributed by atoms with E-state index in [-0.39, 0.29) is 24.3 Å². The van der Waals surface area contributed by atoms with Crippen LogP contribution in [-0.4, -0.2) is 39.6 Å². The molecule has 0 bridgehead atoms. The zero-order chi connectivity index (χ0) is 26.6. The van der Waals surface area contributed by atoms with E-state index in [1.54, 1.807) is 24.3 Å². The Morgan fingerprint density at radius 3 is 2.61 bits per heavy atom. The highest BCUT2D eigenvalue weighted by atomic mass is 35.5. The Balaban J connectivity index is 1.31. The fraction of sp³-hybridized carbons (Fsp3) is 0.241. The number of ether oxygens (including phenoxy) is 1. The number of hydrazone groups is 1. The monoisotopic (exact) mass is 546 g/mol. The van der Waals surface area contributed by atoms with E-state index in [1.165, 1.54) is 11.8 Å². The molecule has 2 aliphatic heterocycles. The second-order valence-electron chi connectivity index (χ2n) is 9.08. The Hall–Kier alpha value is -3.62. The summed E-state index contributed by atoms with van der Waals surface area (Å²) in [5, 5.41) is 10.1. The Morgan fingerprint density at radius 2 is 1.89 bits per heavy atom. The van der Waals surface area contributed by atoms with Gasteiger partial charge in [-0.25, -0.2) is 5.01 Å². The number of aryl methyl sites for hydroxylation is 1. The highest BCUT2D eigenvalue weighted by molar-refractivity contribution is 8.15. The molecular weight excluding hydrogens is 520 g/mol. The molecule has 2 heterocycles. The molecule has 5 rings (SSSR count). The fourth-order valence-electron chi connectivity index (χ4n) is 4.43. The summed E-state index contributed by atoms with van der Waals surface area (Å²) in [6.45, 7) is 4.54. The lowest BCUT2D eigenvalue weighted by Crippen LogP contribution is -2.25. The number of thioether (sulfide) groups is 1. The van der Waals surface area contributed by atoms with Gasteiger partial charge < -0.3 is 10.1 Å². The van der Waals surface area contributed by atoms with E-state index < -0.39 is 5.25 Å². The highest BCUT2D eigenvalue weighted by Gasteiger charge is 2.39. The average Bonchev–Trinajstić information content (AvgIpc) is 3.50. The first-order valence-electron chi connectivity index (χ1n) is 12.4. The van der Waals surface area contributed by atoms with Gasteiger partial charge in [0.1, 0.15) is 11.0 Å². The van der Waals surface area contributed by atoms with Gasteiger partial charge in [-0.05, 0) is 61.4 Å². The number of carbonyl (C=O) groups excluding carboxylic acids is 2. The first kappa shape index (κ1) is 26.0. The normalized spacial score (nSPS) is 18.8. The number of benzene rings is 3. The number of amidine groups is 1. The molecule has 2 unspecified atom stereocenters. The van der Waals surface area contributed by atoms with E-state index >= 15 is 0 Å². The molecule has 1 N–H and O–H groups in total. The topological polar surface area (TPSA) is 83.4 Å². The van der Waals surface area contributed by atoms with Crippen LogP contribution in [-0.2, 0) is 9.59 Å². The van der Waals surface area contributed by atoms with Gasteiger partial charge in [-0.15, -0.1) is 0 Å². The minimum Gasteiger partial charge on any atom is -0.494 e. The molecule has 2 aliphatic rings. The van der Waals surface area contributed by atoms with Gasteiger partial charge in [0.15, 0.2) is 5.17 Å². The van der Waals surface area contributed by atoms with Crippen molar-refractivity contribution in [2.45, 2.75) is 38.0 Å². The molecule has 38 heavy (non-hydrogen) atoms. The maximum Gasteiger partial charge on any atom is 0.262 e. The van der Waals surface area contributed by atoms with Crippen molar-refractivity contribution in [1.82, 2.24) is 5.01 Å². The summed E-state index contributed by atoms with van der Waals surface area (Å²) in [4.78, 5) is 29.9. The molecular formula is C29H27ClN4O3S. The predicted molar refractivity (Wildman–Crippen MR) is 153 cm³/mol. The van der Waals surface area contributed by atoms with Gasteiger partial charge in [0, 0.05) is 23.6 Å². The maximum atomic E-state index is 12.8. The summed E-state index contributed by atoms with van der Waals surface area (Å²) in [5.41, 5.74) is 4.73. The lowest BCUT2D eigenvalue weighted by molar-refractivity contribution is -0.121. The third kappa shape index (κ3) is 5.92. The SMILES string of the molecule is CCOc1ccc(NC(=O)CC2SC(N3N=C(c4ccc(Cl)cc4)CC3c3cccc(C)c3)=NC2=O)cc1. The summed E-state index contributed by atoms with van der Waals surface area (Å²) in [5.74, 6) is 0.154. The maximum absolute atomic E-state index is 12.8. The number of hydrogen-bond acceptors (Lipinski definition) is 6. The molecule has 194 valence electrons. The van der Waals surface area contributed by atoms with Crippen LogP contribution in [0.4, 0.5) is 5.69 Å². The van der Waals surface area contributed by atoms with E-state index in [1.807, 2.05) is 55.3 Å². The number of nitrogens with zero attached hydrogens (tertiary/aromatic N) is 3. The van der Waals surface area contributed by atoms with E-state index in [9.17, 15) is 9.59 Å². The number of halogens is 1. The van der Waals surface area contributed by atoms with Crippen LogP contribution in [0.1, 0.15) is 42.5 Å². The average molecular weight is 547 g/mol. The minimum atomic E-state index is -0.611. The summed E-state index contributed by atoms with van der Waals surface area (Å²) in [6, 6.07) is 22.9. The van der Waals surface area contributed by atoms with Crippen LogP contribution in [0.5, 0.6) is 5.75 Å². The van der Waals surface area contributed by atoms with Gasteiger partial charge in [0.25, 0.3) is 5.91 Å². The van der Waals surface area contributed by atoms with Gasteiger partial charge in [0.05, 0.1) is 18.4 Å². The van der Waals surface area contributed by atoms with Crippen molar-refractivity contribution in [3.8, 4) is 5.75 Å². The molecule has 2 amide bonds. The minimum absolute atomic E-state index is 0.0143. The van der Waals surface area contributed by atoms with Crippen LogP contribution in [0.15, 0.2) is 82.9 Å². The van der Waals surface area contributed by atoms with Crippen molar-refractivity contribution in [1.29, 1.82) is 0 Å². The van der Waals surface area contributed by atoms with Crippen LogP contribution >= 0.6 is 23.4 Å². The second kappa shape index (κ2) is 11.4. The lowest BCUT2D eigenvalue weighted by Gasteiger charge is -2.23. The molecule has 2 atom stereocenters. The summed E-state index contributed by atoms with van der Waals surface area (Å²) in [7, 11) is 0. The predicted octanol–water partition coefficient (Wildman–Crippen LogP) is 6.23. The van der Waals surface area contributed by atoms with Crippen LogP contribution in [0.25, 0.3) is 0 Å². The van der Waals surface area contributed by atoms with Crippen LogP contribution in [0, 0.1) is 6.92 Å². The largest absolute Gasteiger partial charge is 0.494 e. The Kier molecular flexibility index (Phi) is 7.81. The smallest absolute Gasteiger partial charge is 0.262 e. The molecule has 0 radical (unpaired) electrons. The van der Waals surface area contributed by atoms with Gasteiger partial charge in [-0.2, -0.15) is 10.1 Å². The standard InChI is InChI=1S/C29H27ClN4O3S/c1-3-37-23-13-11-22(12-14-23)31-27(35)17-26-28(36)32-29(38-26)34-25(20-6-4-5-18(2)15-20)16-24(33-34)19-7-9-21(30)10-8-19/h4-15,25-26H,3,16-17H2,1-2H3,(H,31,35). The number of rotatable bonds is 7. The first-order valence-corrected chi connectivity index (χ1v) is 13.7. The van der Waals surface area contributed by atoms with Gasteiger partial charge >= 0.3 is 0 Å². The Labute approximate surface area is 230 Å². The number of hydrogen-bond donors (Lipinski definition) is 1. The Bertz CT molecular complexity index is 1410. The molecule has 9 heteroatoms. The second-order valence-corrected chi connectivity index (χ2v) is 10.7. The molecule has 0 saturated heterocycles. The van der Waals surface area contributed by atoms with Crippen molar-refractivity contribution < 1.29 is 14.3 Å². The quantitative estimate of drug-likeness (QED) is 0.380. The molecule has 3 aromatic carbocycles. The van der Waals surface area contributed by atoms with Crippen molar-refractivity contribution in [3.05, 3.63) is 94.5 Å². The number of amides is 2. The van der Waals surface area contributed by atoms with E-state index in [0.717, 1.165) is 28.2 Å². The highest BCUT2D eigenvalue weighted by Crippen LogP contribution is 2.39. The van der Waals surface area contributed by atoms with E-state index in [2.05, 4.69) is 22.4 Å². The third-order valence-electron chi connectivity index (χ3n) is 6.26. The summed E-state index contributed by atoms with van der Waals surface area (Å²) >= 11 is 7.37. The van der Waals surface area contributed by atoms with Crippen molar-refractivity contribution >= 4 is 51.7 Å². The van der Waals surface area contributed by atoms with Crippen LogP contribution in [0.3, 0.4) is 0 Å². The number of carbonyl (C=O) groups is 2. The molecule has 0 aromatic heterocycles. The van der Waals surface area contributed by atoms with Crippen molar-refractivity contribution in [3.63, 3.8) is 0 Å². The van der Waals surface area contributed by atoms with Crippen LogP contribution in [0.2, 0.25) is 5.02 Å². The molecule has 0 fully saturated rings. The Morgan fingerprint density at radius 1 is 1.13 bits per heavy atom. The summed E-state index contributed by atoms with van der Waals surface area (Å²) in [6.07, 6.45) is 0.669. The molecule has 7 nitrogen and oxygen atoms in total. The van der Waals surface area contributed by atoms with E-state index in [4.69, 9.17) is 21.4 Å². The number of anilines is 1. The first-order chi connectivity index (χ1) is 18.4.